The van der Waals surface area contributed by atoms with Crippen molar-refractivity contribution >= 4 is 57.3 Å². The van der Waals surface area contributed by atoms with Crippen molar-refractivity contribution in [1.29, 1.82) is 0 Å². The van der Waals surface area contributed by atoms with Gasteiger partial charge in [-0.1, -0.05) is 59.6 Å². The lowest BCUT2D eigenvalue weighted by Gasteiger charge is -2.03. The van der Waals surface area contributed by atoms with E-state index in [-0.39, 0.29) is 17.7 Å². The number of halogens is 2. The lowest BCUT2D eigenvalue weighted by Crippen LogP contribution is -2.14. The van der Waals surface area contributed by atoms with Crippen molar-refractivity contribution in [2.24, 2.45) is 5.92 Å². The zero-order valence-electron chi connectivity index (χ0n) is 13.1. The average Bonchev–Trinajstić information content (AvgIpc) is 3.22. The van der Waals surface area contributed by atoms with E-state index in [0.29, 0.717) is 15.2 Å². The minimum absolute atomic E-state index is 0.0163. The van der Waals surface area contributed by atoms with Crippen LogP contribution in [0.3, 0.4) is 0 Å². The van der Waals surface area contributed by atoms with Crippen molar-refractivity contribution in [3.05, 3.63) is 33.8 Å². The Balaban J connectivity index is 1.55. The zero-order chi connectivity index (χ0) is 17.1. The first kappa shape index (κ1) is 18.0. The van der Waals surface area contributed by atoms with Gasteiger partial charge in [-0.2, -0.15) is 0 Å². The average molecular weight is 402 g/mol. The fourth-order valence-electron chi connectivity index (χ4n) is 2.46. The van der Waals surface area contributed by atoms with Gasteiger partial charge in [-0.05, 0) is 42.5 Å². The fraction of sp³-hybridized carbons (Fsp3) is 0.438. The Bertz CT molecular complexity index is 718. The van der Waals surface area contributed by atoms with Crippen LogP contribution in [0.4, 0.5) is 5.13 Å². The Kier molecular flexibility index (Phi) is 6.02. The maximum atomic E-state index is 12.4. The summed E-state index contributed by atoms with van der Waals surface area (Å²) in [6.07, 6.45) is 3.11. The number of carbonyl (C=O) groups is 1. The zero-order valence-corrected chi connectivity index (χ0v) is 16.2. The van der Waals surface area contributed by atoms with Gasteiger partial charge in [0.05, 0.1) is 0 Å². The van der Waals surface area contributed by atoms with Gasteiger partial charge in [0.15, 0.2) is 4.34 Å². The van der Waals surface area contributed by atoms with E-state index in [0.717, 1.165) is 34.9 Å². The highest BCUT2D eigenvalue weighted by Crippen LogP contribution is 2.49. The first-order valence-electron chi connectivity index (χ1n) is 7.80. The molecule has 1 aromatic heterocycles. The van der Waals surface area contributed by atoms with Crippen molar-refractivity contribution in [3.8, 4) is 0 Å². The molecule has 0 aliphatic heterocycles. The van der Waals surface area contributed by atoms with Crippen LogP contribution in [0.25, 0.3) is 0 Å². The van der Waals surface area contributed by atoms with E-state index < -0.39 is 0 Å². The summed E-state index contributed by atoms with van der Waals surface area (Å²) in [7, 11) is 0. The molecular formula is C16H17Cl2N3OS2. The molecule has 1 N–H and O–H groups in total. The number of hydrogen-bond donors (Lipinski definition) is 1. The van der Waals surface area contributed by atoms with Gasteiger partial charge in [0, 0.05) is 21.7 Å². The molecule has 1 aliphatic carbocycles. The number of benzene rings is 1. The number of nitrogens with one attached hydrogen (secondary N) is 1. The molecule has 1 fully saturated rings. The number of hydrogen-bond acceptors (Lipinski definition) is 5. The Hall–Kier alpha value is -0.820. The lowest BCUT2D eigenvalue weighted by atomic mass is 10.1. The van der Waals surface area contributed by atoms with E-state index in [4.69, 9.17) is 23.2 Å². The highest BCUT2D eigenvalue weighted by molar-refractivity contribution is 8.01. The van der Waals surface area contributed by atoms with Crippen LogP contribution in [0, 0.1) is 5.92 Å². The van der Waals surface area contributed by atoms with Crippen LogP contribution in [0.2, 0.25) is 10.0 Å². The largest absolute Gasteiger partial charge is 0.300 e. The number of nitrogens with zero attached hydrogens (tertiary/aromatic N) is 2. The summed E-state index contributed by atoms with van der Waals surface area (Å²) >= 11 is 15.2. The molecule has 0 radical (unpaired) electrons. The van der Waals surface area contributed by atoms with E-state index in [1.807, 2.05) is 12.1 Å². The topological polar surface area (TPSA) is 54.9 Å². The number of aromatic nitrogens is 2. The summed E-state index contributed by atoms with van der Waals surface area (Å²) in [6.45, 7) is 2.16. The summed E-state index contributed by atoms with van der Waals surface area (Å²) in [6, 6.07) is 5.45. The van der Waals surface area contributed by atoms with E-state index >= 15 is 0 Å². The van der Waals surface area contributed by atoms with Gasteiger partial charge in [0.2, 0.25) is 11.0 Å². The normalized spacial score (nSPS) is 19.3. The minimum atomic E-state index is -0.0559. The van der Waals surface area contributed by atoms with Crippen molar-refractivity contribution in [3.63, 3.8) is 0 Å². The number of rotatable bonds is 7. The van der Waals surface area contributed by atoms with Gasteiger partial charge in [-0.3, -0.25) is 4.79 Å². The number of carbonyl (C=O) groups excluding carboxylic acids is 1. The van der Waals surface area contributed by atoms with Crippen molar-refractivity contribution in [2.45, 2.75) is 36.4 Å². The molecule has 128 valence electrons. The van der Waals surface area contributed by atoms with Gasteiger partial charge in [0.1, 0.15) is 0 Å². The van der Waals surface area contributed by atoms with Crippen molar-refractivity contribution in [2.75, 3.05) is 11.1 Å². The number of anilines is 1. The quantitative estimate of drug-likeness (QED) is 0.379. The van der Waals surface area contributed by atoms with Crippen LogP contribution in [0.15, 0.2) is 22.5 Å². The number of thioether (sulfide) groups is 1. The summed E-state index contributed by atoms with van der Waals surface area (Å²) in [4.78, 5) is 12.4. The minimum Gasteiger partial charge on any atom is -0.300 e. The van der Waals surface area contributed by atoms with Crippen LogP contribution in [0.5, 0.6) is 0 Å². The van der Waals surface area contributed by atoms with Gasteiger partial charge in [-0.25, -0.2) is 0 Å². The van der Waals surface area contributed by atoms with Gasteiger partial charge in [0.25, 0.3) is 0 Å². The predicted molar refractivity (Wildman–Crippen MR) is 101 cm³/mol. The van der Waals surface area contributed by atoms with Crippen LogP contribution in [-0.4, -0.2) is 21.9 Å². The first-order valence-corrected chi connectivity index (χ1v) is 10.4. The second kappa shape index (κ2) is 8.04. The third-order valence-electron chi connectivity index (χ3n) is 3.80. The Morgan fingerprint density at radius 2 is 2.08 bits per heavy atom. The highest BCUT2D eigenvalue weighted by atomic mass is 35.5. The molecule has 0 saturated heterocycles. The molecule has 2 atom stereocenters. The van der Waals surface area contributed by atoms with E-state index in [1.165, 1.54) is 11.3 Å². The summed E-state index contributed by atoms with van der Waals surface area (Å²) in [5, 5.41) is 12.8. The maximum absolute atomic E-state index is 12.4. The van der Waals surface area contributed by atoms with Gasteiger partial charge >= 0.3 is 0 Å². The highest BCUT2D eigenvalue weighted by Gasteiger charge is 2.44. The monoisotopic (exact) mass is 401 g/mol. The molecule has 1 aliphatic rings. The lowest BCUT2D eigenvalue weighted by molar-refractivity contribution is -0.117. The molecular weight excluding hydrogens is 385 g/mol. The maximum Gasteiger partial charge on any atom is 0.229 e. The molecule has 1 aromatic carbocycles. The Morgan fingerprint density at radius 1 is 1.33 bits per heavy atom. The summed E-state index contributed by atoms with van der Waals surface area (Å²) in [5.74, 6) is 1.13. The van der Waals surface area contributed by atoms with E-state index in [9.17, 15) is 4.79 Å². The third kappa shape index (κ3) is 4.63. The molecule has 0 bridgehead atoms. The molecule has 1 amide bonds. The molecule has 0 unspecified atom stereocenters. The van der Waals surface area contributed by atoms with E-state index in [1.54, 1.807) is 17.8 Å². The fourth-order valence-corrected chi connectivity index (χ4v) is 4.91. The number of unbranched alkanes of at least 4 members (excludes halogenated alkanes) is 1. The standard InChI is InChI=1S/C16H17Cl2N3OS2/c1-2-3-4-23-16-21-20-15(24-16)19-14(22)13-8-12(13)9-5-10(17)7-11(18)6-9/h5-7,12-13H,2-4,8H2,1H3,(H,19,20,22)/t12-,13-/m0/s1. The Labute approximate surface area is 159 Å². The molecule has 2 aromatic rings. The third-order valence-corrected chi connectivity index (χ3v) is 6.29. The Morgan fingerprint density at radius 3 is 2.79 bits per heavy atom. The summed E-state index contributed by atoms with van der Waals surface area (Å²) < 4.78 is 0.896. The molecule has 1 saturated carbocycles. The smallest absolute Gasteiger partial charge is 0.229 e. The van der Waals surface area contributed by atoms with Gasteiger partial charge in [-0.15, -0.1) is 10.2 Å². The SMILES string of the molecule is CCCCSc1nnc(NC(=O)[C@H]2C[C@H]2c2cc(Cl)cc(Cl)c2)s1. The molecule has 24 heavy (non-hydrogen) atoms. The first-order chi connectivity index (χ1) is 11.6. The van der Waals surface area contributed by atoms with Crippen LogP contribution in [0.1, 0.15) is 37.7 Å². The second-order valence-electron chi connectivity index (χ2n) is 5.72. The van der Waals surface area contributed by atoms with Crippen LogP contribution >= 0.6 is 46.3 Å². The number of amides is 1. The van der Waals surface area contributed by atoms with Crippen LogP contribution < -0.4 is 5.32 Å². The van der Waals surface area contributed by atoms with E-state index in [2.05, 4.69) is 22.4 Å². The van der Waals surface area contributed by atoms with Crippen LogP contribution in [-0.2, 0) is 4.79 Å². The molecule has 1 heterocycles. The molecule has 4 nitrogen and oxygen atoms in total. The second-order valence-corrected chi connectivity index (χ2v) is 8.91. The molecule has 3 rings (SSSR count). The molecule has 0 spiro atoms. The van der Waals surface area contributed by atoms with Crippen molar-refractivity contribution in [1.82, 2.24) is 10.2 Å². The molecule has 8 heteroatoms. The summed E-state index contributed by atoms with van der Waals surface area (Å²) in [5.41, 5.74) is 1.01. The predicted octanol–water partition coefficient (Wildman–Crippen LogP) is 5.48. The van der Waals surface area contributed by atoms with Crippen molar-refractivity contribution < 1.29 is 4.79 Å². The van der Waals surface area contributed by atoms with Gasteiger partial charge < -0.3 is 5.32 Å².